The predicted octanol–water partition coefficient (Wildman–Crippen LogP) is 3.94. The van der Waals surface area contributed by atoms with Crippen molar-refractivity contribution in [1.29, 1.82) is 0 Å². The van der Waals surface area contributed by atoms with Crippen molar-refractivity contribution >= 4 is 45.9 Å². The van der Waals surface area contributed by atoms with Crippen molar-refractivity contribution in [3.05, 3.63) is 46.0 Å². The summed E-state index contributed by atoms with van der Waals surface area (Å²) < 4.78 is 11.9. The van der Waals surface area contributed by atoms with Crippen LogP contribution in [-0.2, 0) is 16.7 Å². The molecular formula is C19H27BrIN5O2. The maximum Gasteiger partial charge on any atom is 0.246 e. The van der Waals surface area contributed by atoms with Crippen LogP contribution in [0.25, 0.3) is 0 Å². The molecule has 3 rings (SSSR count). The first-order chi connectivity index (χ1) is 13.1. The van der Waals surface area contributed by atoms with Crippen LogP contribution in [0, 0.1) is 0 Å². The standard InChI is InChI=1S/C19H26BrN5O2.HI/c1-4-26-13(2)17-24-16(27-25-17)11-22-18(21-3)23-12-19(8-9-19)14-6-5-7-15(20)10-14;/h5-7,10,13H,4,8-9,11-12H2,1-3H3,(H2,21,22,23);1H. The molecule has 1 aliphatic rings. The molecule has 0 spiro atoms. The Balaban J connectivity index is 0.00000280. The molecule has 1 aromatic heterocycles. The zero-order chi connectivity index (χ0) is 19.3. The SMILES string of the molecule is CCOC(C)c1noc(CNC(=NC)NCC2(c3cccc(Br)c3)CC2)n1.I. The number of aromatic nitrogens is 2. The Morgan fingerprint density at radius 1 is 1.39 bits per heavy atom. The molecule has 1 saturated carbocycles. The second kappa shape index (κ2) is 10.5. The normalized spacial score (nSPS) is 16.2. The van der Waals surface area contributed by atoms with Gasteiger partial charge in [-0.1, -0.05) is 33.2 Å². The molecular weight excluding hydrogens is 537 g/mol. The fourth-order valence-corrected chi connectivity index (χ4v) is 3.40. The highest BCUT2D eigenvalue weighted by Gasteiger charge is 2.44. The van der Waals surface area contributed by atoms with E-state index < -0.39 is 0 Å². The molecule has 2 aromatic rings. The van der Waals surface area contributed by atoms with Gasteiger partial charge in [-0.15, -0.1) is 24.0 Å². The minimum absolute atomic E-state index is 0. The molecule has 0 bridgehead atoms. The summed E-state index contributed by atoms with van der Waals surface area (Å²) in [5.74, 6) is 1.78. The van der Waals surface area contributed by atoms with E-state index in [1.54, 1.807) is 7.05 Å². The van der Waals surface area contributed by atoms with Crippen LogP contribution >= 0.6 is 39.9 Å². The van der Waals surface area contributed by atoms with Crippen molar-refractivity contribution in [2.45, 2.75) is 44.8 Å². The Morgan fingerprint density at radius 3 is 2.82 bits per heavy atom. The van der Waals surface area contributed by atoms with Gasteiger partial charge in [-0.25, -0.2) is 0 Å². The highest BCUT2D eigenvalue weighted by Crippen LogP contribution is 2.48. The van der Waals surface area contributed by atoms with E-state index in [9.17, 15) is 0 Å². The lowest BCUT2D eigenvalue weighted by atomic mass is 9.96. The highest BCUT2D eigenvalue weighted by atomic mass is 127. The Kier molecular flexibility index (Phi) is 8.69. The first-order valence-corrected chi connectivity index (χ1v) is 10.0. The second-order valence-electron chi connectivity index (χ2n) is 6.71. The minimum atomic E-state index is -0.176. The number of hydrogen-bond donors (Lipinski definition) is 2. The summed E-state index contributed by atoms with van der Waals surface area (Å²) in [6, 6.07) is 8.53. The zero-order valence-electron chi connectivity index (χ0n) is 16.4. The van der Waals surface area contributed by atoms with Gasteiger partial charge in [0.05, 0.1) is 6.54 Å². The van der Waals surface area contributed by atoms with E-state index in [0.717, 1.165) is 11.0 Å². The van der Waals surface area contributed by atoms with Gasteiger partial charge in [-0.3, -0.25) is 4.99 Å². The van der Waals surface area contributed by atoms with E-state index in [2.05, 4.69) is 66.0 Å². The minimum Gasteiger partial charge on any atom is -0.371 e. The van der Waals surface area contributed by atoms with Gasteiger partial charge in [0.25, 0.3) is 0 Å². The fourth-order valence-electron chi connectivity index (χ4n) is 3.00. The first-order valence-electron chi connectivity index (χ1n) is 9.21. The molecule has 28 heavy (non-hydrogen) atoms. The molecule has 1 unspecified atom stereocenters. The van der Waals surface area contributed by atoms with Crippen molar-refractivity contribution in [2.75, 3.05) is 20.2 Å². The Labute approximate surface area is 191 Å². The van der Waals surface area contributed by atoms with E-state index in [-0.39, 0.29) is 35.5 Å². The number of rotatable bonds is 8. The second-order valence-corrected chi connectivity index (χ2v) is 7.63. The lowest BCUT2D eigenvalue weighted by Gasteiger charge is -2.19. The third-order valence-corrected chi connectivity index (χ3v) is 5.27. The van der Waals surface area contributed by atoms with Gasteiger partial charge in [0, 0.05) is 30.1 Å². The monoisotopic (exact) mass is 563 g/mol. The molecule has 7 nitrogen and oxygen atoms in total. The van der Waals surface area contributed by atoms with Crippen LogP contribution in [0.15, 0.2) is 38.3 Å². The van der Waals surface area contributed by atoms with Crippen LogP contribution in [0.4, 0.5) is 0 Å². The van der Waals surface area contributed by atoms with Gasteiger partial charge < -0.3 is 19.9 Å². The van der Waals surface area contributed by atoms with Crippen molar-refractivity contribution < 1.29 is 9.26 Å². The van der Waals surface area contributed by atoms with Crippen LogP contribution in [0.5, 0.6) is 0 Å². The number of benzene rings is 1. The van der Waals surface area contributed by atoms with E-state index in [1.807, 2.05) is 13.8 Å². The number of guanidine groups is 1. The van der Waals surface area contributed by atoms with Crippen molar-refractivity contribution in [3.8, 4) is 0 Å². The first kappa shape index (κ1) is 23.1. The van der Waals surface area contributed by atoms with Crippen LogP contribution in [0.3, 0.4) is 0 Å². The topological polar surface area (TPSA) is 84.6 Å². The number of nitrogens with zero attached hydrogens (tertiary/aromatic N) is 3. The van der Waals surface area contributed by atoms with Gasteiger partial charge in [0.1, 0.15) is 6.10 Å². The third kappa shape index (κ3) is 5.90. The van der Waals surface area contributed by atoms with E-state index >= 15 is 0 Å². The Morgan fingerprint density at radius 2 is 2.18 bits per heavy atom. The third-order valence-electron chi connectivity index (χ3n) is 4.78. The average Bonchev–Trinajstić information content (AvgIpc) is 3.31. The maximum atomic E-state index is 5.48. The van der Waals surface area contributed by atoms with Crippen molar-refractivity contribution in [3.63, 3.8) is 0 Å². The summed E-state index contributed by atoms with van der Waals surface area (Å²) in [5, 5.41) is 10.6. The molecule has 1 aromatic carbocycles. The summed E-state index contributed by atoms with van der Waals surface area (Å²) in [5.41, 5.74) is 1.54. The molecule has 0 radical (unpaired) electrons. The largest absolute Gasteiger partial charge is 0.371 e. The maximum absolute atomic E-state index is 5.48. The van der Waals surface area contributed by atoms with Crippen LogP contribution < -0.4 is 10.6 Å². The molecule has 9 heteroatoms. The molecule has 0 saturated heterocycles. The number of halogens is 2. The molecule has 1 atom stereocenters. The lowest BCUT2D eigenvalue weighted by molar-refractivity contribution is 0.0683. The van der Waals surface area contributed by atoms with Gasteiger partial charge >= 0.3 is 0 Å². The predicted molar refractivity (Wildman–Crippen MR) is 123 cm³/mol. The smallest absolute Gasteiger partial charge is 0.246 e. The lowest BCUT2D eigenvalue weighted by Crippen LogP contribution is -2.41. The van der Waals surface area contributed by atoms with Gasteiger partial charge in [-0.2, -0.15) is 4.98 Å². The Bertz CT molecular complexity index is 794. The molecule has 2 N–H and O–H groups in total. The van der Waals surface area contributed by atoms with Crippen LogP contribution in [-0.4, -0.2) is 36.3 Å². The zero-order valence-corrected chi connectivity index (χ0v) is 20.3. The molecule has 0 amide bonds. The quantitative estimate of drug-likeness (QED) is 0.287. The highest BCUT2D eigenvalue weighted by molar-refractivity contribution is 14.0. The number of ether oxygens (including phenoxy) is 1. The van der Waals surface area contributed by atoms with E-state index in [0.29, 0.717) is 30.8 Å². The number of nitrogens with one attached hydrogen (secondary N) is 2. The van der Waals surface area contributed by atoms with E-state index in [1.165, 1.54) is 18.4 Å². The summed E-state index contributed by atoms with van der Waals surface area (Å²) >= 11 is 3.56. The molecule has 1 aliphatic carbocycles. The van der Waals surface area contributed by atoms with Crippen LogP contribution in [0.2, 0.25) is 0 Å². The summed E-state index contributed by atoms with van der Waals surface area (Å²) in [4.78, 5) is 8.65. The summed E-state index contributed by atoms with van der Waals surface area (Å²) in [7, 11) is 1.75. The molecule has 1 fully saturated rings. The fraction of sp³-hybridized carbons (Fsp3) is 0.526. The van der Waals surface area contributed by atoms with Crippen LogP contribution in [0.1, 0.15) is 50.1 Å². The average molecular weight is 564 g/mol. The molecule has 0 aliphatic heterocycles. The summed E-state index contributed by atoms with van der Waals surface area (Å²) in [6.07, 6.45) is 2.18. The number of aliphatic imine (C=N–C) groups is 1. The van der Waals surface area contributed by atoms with Gasteiger partial charge in [-0.05, 0) is 44.4 Å². The Hall–Kier alpha value is -1.20. The van der Waals surface area contributed by atoms with Gasteiger partial charge in [0.2, 0.25) is 5.89 Å². The van der Waals surface area contributed by atoms with E-state index in [4.69, 9.17) is 9.26 Å². The molecule has 154 valence electrons. The molecule has 1 heterocycles. The van der Waals surface area contributed by atoms with Gasteiger partial charge in [0.15, 0.2) is 11.8 Å². The number of hydrogen-bond acceptors (Lipinski definition) is 5. The summed E-state index contributed by atoms with van der Waals surface area (Å²) in [6.45, 7) is 5.70. The van der Waals surface area contributed by atoms with Crippen molar-refractivity contribution in [2.24, 2.45) is 4.99 Å². The van der Waals surface area contributed by atoms with Crippen molar-refractivity contribution in [1.82, 2.24) is 20.8 Å².